The van der Waals surface area contributed by atoms with Crippen molar-refractivity contribution in [2.45, 2.75) is 6.10 Å². The summed E-state index contributed by atoms with van der Waals surface area (Å²) in [5.74, 6) is -0.101. The lowest BCUT2D eigenvalue weighted by molar-refractivity contribution is 0.0108. The van der Waals surface area contributed by atoms with Gasteiger partial charge >= 0.3 is 5.97 Å². The summed E-state index contributed by atoms with van der Waals surface area (Å²) in [5, 5.41) is 3.14. The second-order valence-electron chi connectivity index (χ2n) is 3.13. The zero-order valence-corrected chi connectivity index (χ0v) is 8.36. The second kappa shape index (κ2) is 4.41. The van der Waals surface area contributed by atoms with Gasteiger partial charge in [-0.05, 0) is 0 Å². The van der Waals surface area contributed by atoms with Crippen LogP contribution in [-0.4, -0.2) is 37.8 Å². The van der Waals surface area contributed by atoms with Gasteiger partial charge in [0.25, 0.3) is 0 Å². The second-order valence-corrected chi connectivity index (χ2v) is 3.13. The quantitative estimate of drug-likeness (QED) is 0.702. The average Bonchev–Trinajstić information content (AvgIpc) is 2.78. The van der Waals surface area contributed by atoms with Crippen molar-refractivity contribution in [2.24, 2.45) is 0 Å². The van der Waals surface area contributed by atoms with Crippen molar-refractivity contribution in [1.29, 1.82) is 0 Å². The number of methoxy groups -OCH3 is 1. The highest BCUT2D eigenvalue weighted by molar-refractivity contribution is 5.86. The van der Waals surface area contributed by atoms with E-state index in [-0.39, 0.29) is 11.8 Å². The van der Waals surface area contributed by atoms with E-state index in [1.165, 1.54) is 13.4 Å². The Kier molecular flexibility index (Phi) is 2.98. The zero-order chi connectivity index (χ0) is 10.7. The van der Waals surface area contributed by atoms with Gasteiger partial charge in [0.1, 0.15) is 12.4 Å². The van der Waals surface area contributed by atoms with Gasteiger partial charge in [-0.15, -0.1) is 0 Å². The number of ether oxygens (including phenoxy) is 2. The van der Waals surface area contributed by atoms with Crippen LogP contribution in [0.15, 0.2) is 10.7 Å². The fraction of sp³-hybridized carbons (Fsp3) is 0.556. The van der Waals surface area contributed by atoms with Crippen LogP contribution in [0.4, 0.5) is 0 Å². The van der Waals surface area contributed by atoms with E-state index in [0.29, 0.717) is 19.0 Å². The van der Waals surface area contributed by atoms with Crippen molar-refractivity contribution >= 4 is 5.97 Å². The highest BCUT2D eigenvalue weighted by atomic mass is 16.5. The van der Waals surface area contributed by atoms with Crippen molar-refractivity contribution in [3.05, 3.63) is 17.8 Å². The Bertz CT molecular complexity index is 344. The van der Waals surface area contributed by atoms with E-state index in [4.69, 9.17) is 9.15 Å². The normalized spacial score (nSPS) is 21.3. The Hall–Kier alpha value is -1.40. The van der Waals surface area contributed by atoms with Crippen LogP contribution in [0.25, 0.3) is 0 Å². The average molecular weight is 212 g/mol. The fourth-order valence-electron chi connectivity index (χ4n) is 1.36. The number of esters is 1. The van der Waals surface area contributed by atoms with Crippen LogP contribution in [-0.2, 0) is 9.47 Å². The van der Waals surface area contributed by atoms with E-state index >= 15 is 0 Å². The molecular formula is C9H12N2O4. The standard InChI is InChI=1S/C9H12N2O4/c1-13-9(12)6-5-15-8(11-6)7-4-10-2-3-14-7/h5,7,10H,2-4H2,1H3. The monoisotopic (exact) mass is 212 g/mol. The summed E-state index contributed by atoms with van der Waals surface area (Å²) in [6.07, 6.45) is 1.05. The molecule has 15 heavy (non-hydrogen) atoms. The van der Waals surface area contributed by atoms with Crippen LogP contribution in [0.5, 0.6) is 0 Å². The summed E-state index contributed by atoms with van der Waals surface area (Å²) in [5.41, 5.74) is 0.168. The molecule has 1 aliphatic heterocycles. The number of nitrogens with one attached hydrogen (secondary N) is 1. The molecule has 0 aliphatic carbocycles. The minimum atomic E-state index is -0.506. The maximum absolute atomic E-state index is 11.1. The summed E-state index contributed by atoms with van der Waals surface area (Å²) < 4.78 is 15.1. The summed E-state index contributed by atoms with van der Waals surface area (Å²) in [6.45, 7) is 2.07. The highest BCUT2D eigenvalue weighted by Crippen LogP contribution is 2.18. The lowest BCUT2D eigenvalue weighted by Crippen LogP contribution is -2.33. The summed E-state index contributed by atoms with van der Waals surface area (Å²) in [7, 11) is 1.30. The first-order valence-electron chi connectivity index (χ1n) is 4.67. The van der Waals surface area contributed by atoms with E-state index in [1.807, 2.05) is 0 Å². The largest absolute Gasteiger partial charge is 0.464 e. The summed E-state index contributed by atoms with van der Waals surface area (Å²) in [4.78, 5) is 15.1. The third-order valence-corrected chi connectivity index (χ3v) is 2.12. The molecule has 6 nitrogen and oxygen atoms in total. The summed E-state index contributed by atoms with van der Waals surface area (Å²) >= 11 is 0. The molecule has 1 aromatic heterocycles. The number of hydrogen-bond acceptors (Lipinski definition) is 6. The molecule has 0 bridgehead atoms. The molecule has 1 N–H and O–H groups in total. The first-order chi connectivity index (χ1) is 7.31. The Morgan fingerprint density at radius 2 is 2.60 bits per heavy atom. The number of aromatic nitrogens is 1. The molecule has 0 amide bonds. The van der Waals surface area contributed by atoms with Gasteiger partial charge in [0.05, 0.1) is 13.7 Å². The molecule has 1 unspecified atom stereocenters. The molecule has 2 rings (SSSR count). The van der Waals surface area contributed by atoms with Crippen molar-refractivity contribution in [3.8, 4) is 0 Å². The third-order valence-electron chi connectivity index (χ3n) is 2.12. The molecule has 1 aliphatic rings. The summed E-state index contributed by atoms with van der Waals surface area (Å²) in [6, 6.07) is 0. The van der Waals surface area contributed by atoms with E-state index in [2.05, 4.69) is 15.0 Å². The Morgan fingerprint density at radius 1 is 1.73 bits per heavy atom. The van der Waals surface area contributed by atoms with E-state index in [0.717, 1.165) is 6.54 Å². The molecule has 82 valence electrons. The van der Waals surface area contributed by atoms with Crippen LogP contribution >= 0.6 is 0 Å². The highest BCUT2D eigenvalue weighted by Gasteiger charge is 2.22. The number of carbonyl (C=O) groups excluding carboxylic acids is 1. The van der Waals surface area contributed by atoms with E-state index in [1.54, 1.807) is 0 Å². The minimum absolute atomic E-state index is 0.168. The van der Waals surface area contributed by atoms with Gasteiger partial charge < -0.3 is 19.2 Å². The van der Waals surface area contributed by atoms with Crippen molar-refractivity contribution < 1.29 is 18.7 Å². The van der Waals surface area contributed by atoms with Gasteiger partial charge in [-0.2, -0.15) is 0 Å². The fourth-order valence-corrected chi connectivity index (χ4v) is 1.36. The van der Waals surface area contributed by atoms with Gasteiger partial charge in [-0.1, -0.05) is 0 Å². The maximum atomic E-state index is 11.1. The molecule has 1 saturated heterocycles. The zero-order valence-electron chi connectivity index (χ0n) is 8.36. The van der Waals surface area contributed by atoms with Crippen molar-refractivity contribution in [2.75, 3.05) is 26.8 Å². The molecule has 1 fully saturated rings. The number of oxazole rings is 1. The van der Waals surface area contributed by atoms with Gasteiger partial charge in [0, 0.05) is 13.1 Å². The SMILES string of the molecule is COC(=O)c1coc(C2CNCCO2)n1. The topological polar surface area (TPSA) is 73.6 Å². The smallest absolute Gasteiger partial charge is 0.360 e. The van der Waals surface area contributed by atoms with Crippen molar-refractivity contribution in [1.82, 2.24) is 10.3 Å². The lowest BCUT2D eigenvalue weighted by Gasteiger charge is -2.20. The van der Waals surface area contributed by atoms with Gasteiger partial charge in [0.15, 0.2) is 5.69 Å². The predicted octanol–water partition coefficient (Wildman–Crippen LogP) is 0.122. The van der Waals surface area contributed by atoms with Gasteiger partial charge in [-0.25, -0.2) is 9.78 Å². The Balaban J connectivity index is 2.08. The maximum Gasteiger partial charge on any atom is 0.360 e. The molecule has 6 heteroatoms. The number of morpholine rings is 1. The minimum Gasteiger partial charge on any atom is -0.464 e. The molecule has 1 atom stereocenters. The van der Waals surface area contributed by atoms with Crippen LogP contribution in [0, 0.1) is 0 Å². The first-order valence-corrected chi connectivity index (χ1v) is 4.67. The Morgan fingerprint density at radius 3 is 3.27 bits per heavy atom. The predicted molar refractivity (Wildman–Crippen MR) is 49.4 cm³/mol. The van der Waals surface area contributed by atoms with Crippen LogP contribution in [0.2, 0.25) is 0 Å². The molecule has 0 aromatic carbocycles. The van der Waals surface area contributed by atoms with E-state index < -0.39 is 5.97 Å². The van der Waals surface area contributed by atoms with Crippen LogP contribution in [0.3, 0.4) is 0 Å². The van der Waals surface area contributed by atoms with Gasteiger partial charge in [-0.3, -0.25) is 0 Å². The number of hydrogen-bond donors (Lipinski definition) is 1. The third kappa shape index (κ3) is 2.16. The molecule has 2 heterocycles. The first kappa shape index (κ1) is 10.1. The number of rotatable bonds is 2. The van der Waals surface area contributed by atoms with E-state index in [9.17, 15) is 4.79 Å². The van der Waals surface area contributed by atoms with Crippen molar-refractivity contribution in [3.63, 3.8) is 0 Å². The molecule has 0 saturated carbocycles. The Labute approximate surface area is 86.6 Å². The number of nitrogens with zero attached hydrogens (tertiary/aromatic N) is 1. The lowest BCUT2D eigenvalue weighted by atomic mass is 10.3. The van der Waals surface area contributed by atoms with Crippen LogP contribution < -0.4 is 5.32 Å². The van der Waals surface area contributed by atoms with Gasteiger partial charge in [0.2, 0.25) is 5.89 Å². The molecule has 0 radical (unpaired) electrons. The molecular weight excluding hydrogens is 200 g/mol. The molecule has 0 spiro atoms. The number of carbonyl (C=O) groups is 1. The molecule has 1 aromatic rings. The van der Waals surface area contributed by atoms with Crippen LogP contribution in [0.1, 0.15) is 22.5 Å².